The number of benzene rings is 2. The lowest BCUT2D eigenvalue weighted by atomic mass is 10.2. The number of nitrogens with one attached hydrogen (secondary N) is 1. The van der Waals surface area contributed by atoms with Crippen LogP contribution in [0.25, 0.3) is 0 Å². The maximum absolute atomic E-state index is 12.8. The molecule has 0 fully saturated rings. The minimum Gasteiger partial charge on any atom is -0.486 e. The van der Waals surface area contributed by atoms with E-state index >= 15 is 0 Å². The number of rotatable bonds is 9. The SMILES string of the molecule is CCN(CC(=O)Nc1ccc2c(c1)OCCO2)CC(=O)N(CC)Cc1ccccc1. The summed E-state index contributed by atoms with van der Waals surface area (Å²) in [5.74, 6) is 1.14. The summed E-state index contributed by atoms with van der Waals surface area (Å²) in [5, 5.41) is 2.87. The molecule has 1 N–H and O–H groups in total. The summed E-state index contributed by atoms with van der Waals surface area (Å²) in [6.07, 6.45) is 0. The molecule has 1 aliphatic rings. The molecule has 30 heavy (non-hydrogen) atoms. The first-order valence-corrected chi connectivity index (χ1v) is 10.3. The Kier molecular flexibility index (Phi) is 7.68. The maximum atomic E-state index is 12.8. The van der Waals surface area contributed by atoms with Crippen LogP contribution in [0, 0.1) is 0 Å². The average molecular weight is 412 g/mol. The molecule has 2 aromatic carbocycles. The van der Waals surface area contributed by atoms with Crippen molar-refractivity contribution in [2.24, 2.45) is 0 Å². The molecule has 160 valence electrons. The largest absolute Gasteiger partial charge is 0.486 e. The molecule has 1 heterocycles. The Labute approximate surface area is 177 Å². The van der Waals surface area contributed by atoms with Gasteiger partial charge >= 0.3 is 0 Å². The normalized spacial score (nSPS) is 12.5. The van der Waals surface area contributed by atoms with Gasteiger partial charge in [-0.15, -0.1) is 0 Å². The molecule has 7 nitrogen and oxygen atoms in total. The molecule has 0 spiro atoms. The zero-order chi connectivity index (χ0) is 21.3. The van der Waals surface area contributed by atoms with Crippen LogP contribution in [0.5, 0.6) is 11.5 Å². The number of fused-ring (bicyclic) bond motifs is 1. The summed E-state index contributed by atoms with van der Waals surface area (Å²) in [5.41, 5.74) is 1.73. The summed E-state index contributed by atoms with van der Waals surface area (Å²) in [6, 6.07) is 15.2. The second-order valence-corrected chi connectivity index (χ2v) is 7.10. The number of anilines is 1. The van der Waals surface area contributed by atoms with Crippen molar-refractivity contribution in [2.75, 3.05) is 44.7 Å². The van der Waals surface area contributed by atoms with Crippen LogP contribution in [-0.4, -0.2) is 61.0 Å². The van der Waals surface area contributed by atoms with Gasteiger partial charge in [0.2, 0.25) is 11.8 Å². The molecule has 0 radical (unpaired) electrons. The third-order valence-corrected chi connectivity index (χ3v) is 4.95. The van der Waals surface area contributed by atoms with Crippen LogP contribution in [0.4, 0.5) is 5.69 Å². The Morgan fingerprint density at radius 2 is 1.67 bits per heavy atom. The fraction of sp³-hybridized carbons (Fsp3) is 0.391. The van der Waals surface area contributed by atoms with Crippen LogP contribution in [0.15, 0.2) is 48.5 Å². The van der Waals surface area contributed by atoms with E-state index in [1.165, 1.54) is 0 Å². The van der Waals surface area contributed by atoms with Crippen LogP contribution < -0.4 is 14.8 Å². The Balaban J connectivity index is 1.53. The Morgan fingerprint density at radius 3 is 2.37 bits per heavy atom. The highest BCUT2D eigenvalue weighted by Crippen LogP contribution is 2.32. The van der Waals surface area contributed by atoms with Crippen LogP contribution in [0.2, 0.25) is 0 Å². The molecule has 2 aromatic rings. The smallest absolute Gasteiger partial charge is 0.238 e. The van der Waals surface area contributed by atoms with Crippen molar-refractivity contribution >= 4 is 17.5 Å². The molecule has 0 saturated carbocycles. The van der Waals surface area contributed by atoms with E-state index in [1.54, 1.807) is 23.1 Å². The number of hydrogen-bond acceptors (Lipinski definition) is 5. The molecule has 2 amide bonds. The molecule has 0 aliphatic carbocycles. The fourth-order valence-electron chi connectivity index (χ4n) is 3.28. The summed E-state index contributed by atoms with van der Waals surface area (Å²) < 4.78 is 11.0. The number of carbonyl (C=O) groups excluding carboxylic acids is 2. The van der Waals surface area contributed by atoms with E-state index in [9.17, 15) is 9.59 Å². The van der Waals surface area contributed by atoms with E-state index in [2.05, 4.69) is 5.32 Å². The number of hydrogen-bond donors (Lipinski definition) is 1. The number of ether oxygens (including phenoxy) is 2. The van der Waals surface area contributed by atoms with Gasteiger partial charge in [-0.2, -0.15) is 0 Å². The minimum absolute atomic E-state index is 0.00957. The minimum atomic E-state index is -0.174. The van der Waals surface area contributed by atoms with Crippen molar-refractivity contribution < 1.29 is 19.1 Å². The van der Waals surface area contributed by atoms with Crippen molar-refractivity contribution in [3.05, 3.63) is 54.1 Å². The lowest BCUT2D eigenvalue weighted by molar-refractivity contribution is -0.133. The van der Waals surface area contributed by atoms with Crippen LogP contribution in [0.1, 0.15) is 19.4 Å². The molecule has 0 unspecified atom stereocenters. The molecule has 0 bridgehead atoms. The van der Waals surface area contributed by atoms with E-state index in [0.29, 0.717) is 50.0 Å². The monoisotopic (exact) mass is 411 g/mol. The topological polar surface area (TPSA) is 71.1 Å². The zero-order valence-electron chi connectivity index (χ0n) is 17.6. The molecule has 0 saturated heterocycles. The second kappa shape index (κ2) is 10.6. The Hall–Kier alpha value is -3.06. The maximum Gasteiger partial charge on any atom is 0.238 e. The van der Waals surface area contributed by atoms with Gasteiger partial charge in [0, 0.05) is 24.8 Å². The molecule has 0 atom stereocenters. The first-order valence-electron chi connectivity index (χ1n) is 10.3. The van der Waals surface area contributed by atoms with Gasteiger partial charge in [0.1, 0.15) is 13.2 Å². The number of amides is 2. The lowest BCUT2D eigenvalue weighted by Gasteiger charge is -2.26. The Morgan fingerprint density at radius 1 is 0.933 bits per heavy atom. The second-order valence-electron chi connectivity index (χ2n) is 7.10. The molecule has 7 heteroatoms. The van der Waals surface area contributed by atoms with Crippen LogP contribution in [0.3, 0.4) is 0 Å². The van der Waals surface area contributed by atoms with Crippen molar-refractivity contribution in [1.29, 1.82) is 0 Å². The van der Waals surface area contributed by atoms with Gasteiger partial charge in [0.05, 0.1) is 13.1 Å². The third-order valence-electron chi connectivity index (χ3n) is 4.95. The van der Waals surface area contributed by atoms with E-state index in [1.807, 2.05) is 49.1 Å². The summed E-state index contributed by atoms with van der Waals surface area (Å²) >= 11 is 0. The van der Waals surface area contributed by atoms with Crippen molar-refractivity contribution in [1.82, 2.24) is 9.80 Å². The number of likely N-dealkylation sites (N-methyl/N-ethyl adjacent to an activating group) is 2. The zero-order valence-corrected chi connectivity index (χ0v) is 17.6. The van der Waals surface area contributed by atoms with Gasteiger partial charge < -0.3 is 19.7 Å². The van der Waals surface area contributed by atoms with E-state index < -0.39 is 0 Å². The number of nitrogens with zero attached hydrogens (tertiary/aromatic N) is 2. The van der Waals surface area contributed by atoms with Gasteiger partial charge in [-0.25, -0.2) is 0 Å². The van der Waals surface area contributed by atoms with Crippen molar-refractivity contribution in [3.8, 4) is 11.5 Å². The van der Waals surface area contributed by atoms with Gasteiger partial charge in [-0.05, 0) is 31.2 Å². The predicted molar refractivity (Wildman–Crippen MR) is 116 cm³/mol. The van der Waals surface area contributed by atoms with Gasteiger partial charge in [-0.3, -0.25) is 14.5 Å². The predicted octanol–water partition coefficient (Wildman–Crippen LogP) is 2.77. The summed E-state index contributed by atoms with van der Waals surface area (Å²) in [7, 11) is 0. The standard InChI is InChI=1S/C23H29N3O4/c1-3-25(17-23(28)26(4-2)15-18-8-6-5-7-9-18)16-22(27)24-19-10-11-20-21(14-19)30-13-12-29-20/h5-11,14H,3-4,12-13,15-17H2,1-2H3,(H,24,27). The Bertz CT molecular complexity index is 857. The van der Waals surface area contributed by atoms with Crippen LogP contribution in [-0.2, 0) is 16.1 Å². The molecule has 1 aliphatic heterocycles. The number of carbonyl (C=O) groups is 2. The quantitative estimate of drug-likeness (QED) is 0.687. The molecular weight excluding hydrogens is 382 g/mol. The van der Waals surface area contributed by atoms with Gasteiger partial charge in [0.15, 0.2) is 11.5 Å². The first-order chi connectivity index (χ1) is 14.6. The van der Waals surface area contributed by atoms with Crippen LogP contribution >= 0.6 is 0 Å². The third kappa shape index (κ3) is 5.97. The fourth-order valence-corrected chi connectivity index (χ4v) is 3.28. The average Bonchev–Trinajstić information content (AvgIpc) is 2.77. The highest BCUT2D eigenvalue weighted by Gasteiger charge is 2.18. The van der Waals surface area contributed by atoms with Crippen molar-refractivity contribution in [2.45, 2.75) is 20.4 Å². The molecular formula is C23H29N3O4. The van der Waals surface area contributed by atoms with Gasteiger partial charge in [-0.1, -0.05) is 37.3 Å². The van der Waals surface area contributed by atoms with E-state index in [0.717, 1.165) is 5.56 Å². The summed E-state index contributed by atoms with van der Waals surface area (Å²) in [6.45, 7) is 7.05. The first kappa shape index (κ1) is 21.6. The summed E-state index contributed by atoms with van der Waals surface area (Å²) in [4.78, 5) is 28.9. The molecule has 0 aromatic heterocycles. The van der Waals surface area contributed by atoms with Gasteiger partial charge in [0.25, 0.3) is 0 Å². The highest BCUT2D eigenvalue weighted by atomic mass is 16.6. The lowest BCUT2D eigenvalue weighted by Crippen LogP contribution is -2.42. The molecule has 3 rings (SSSR count). The van der Waals surface area contributed by atoms with E-state index in [4.69, 9.17) is 9.47 Å². The van der Waals surface area contributed by atoms with Crippen molar-refractivity contribution in [3.63, 3.8) is 0 Å². The highest BCUT2D eigenvalue weighted by molar-refractivity contribution is 5.93. The van der Waals surface area contributed by atoms with E-state index in [-0.39, 0.29) is 24.9 Å².